The zero-order chi connectivity index (χ0) is 21.8. The van der Waals surface area contributed by atoms with Gasteiger partial charge >= 0.3 is 0 Å². The minimum atomic E-state index is -0.559. The minimum absolute atomic E-state index is 0.302. The number of benzene rings is 1. The van der Waals surface area contributed by atoms with Crippen molar-refractivity contribution >= 4 is 11.7 Å². The Morgan fingerprint density at radius 1 is 1.16 bits per heavy atom. The molecule has 3 heterocycles. The Balaban J connectivity index is 1.49. The van der Waals surface area contributed by atoms with Crippen molar-refractivity contribution in [3.63, 3.8) is 0 Å². The van der Waals surface area contributed by atoms with Crippen LogP contribution in [-0.4, -0.2) is 60.2 Å². The molecule has 1 saturated heterocycles. The molecule has 0 spiro atoms. The first-order valence-corrected chi connectivity index (χ1v) is 10.2. The average Bonchev–Trinajstić information content (AvgIpc) is 3.30. The normalized spacial score (nSPS) is 15.3. The van der Waals surface area contributed by atoms with Gasteiger partial charge < -0.3 is 19.6 Å². The van der Waals surface area contributed by atoms with Crippen molar-refractivity contribution in [1.29, 1.82) is 5.26 Å². The lowest BCUT2D eigenvalue weighted by atomic mass is 10.1. The highest BCUT2D eigenvalue weighted by molar-refractivity contribution is 5.95. The van der Waals surface area contributed by atoms with E-state index in [4.69, 9.17) is 9.78 Å². The second kappa shape index (κ2) is 8.98. The van der Waals surface area contributed by atoms with Crippen LogP contribution < -0.4 is 10.2 Å². The van der Waals surface area contributed by atoms with E-state index in [2.05, 4.69) is 32.3 Å². The lowest BCUT2D eigenvalue weighted by Gasteiger charge is -2.33. The average molecular weight is 416 g/mol. The van der Waals surface area contributed by atoms with Gasteiger partial charge in [0.05, 0.1) is 6.07 Å². The van der Waals surface area contributed by atoms with Gasteiger partial charge in [-0.1, -0.05) is 17.3 Å². The molecule has 1 fully saturated rings. The molecule has 1 aliphatic rings. The van der Waals surface area contributed by atoms with Crippen molar-refractivity contribution in [3.05, 3.63) is 54.2 Å². The number of piperazine rings is 1. The van der Waals surface area contributed by atoms with Gasteiger partial charge in [0.2, 0.25) is 0 Å². The zero-order valence-corrected chi connectivity index (χ0v) is 17.6. The number of pyridine rings is 1. The maximum absolute atomic E-state index is 12.3. The summed E-state index contributed by atoms with van der Waals surface area (Å²) in [7, 11) is 2.13. The van der Waals surface area contributed by atoms with E-state index < -0.39 is 6.04 Å². The fourth-order valence-corrected chi connectivity index (χ4v) is 3.43. The highest BCUT2D eigenvalue weighted by Gasteiger charge is 2.16. The molecule has 1 N–H and O–H groups in total. The lowest BCUT2D eigenvalue weighted by Crippen LogP contribution is -2.44. The first kappa shape index (κ1) is 20.6. The highest BCUT2D eigenvalue weighted by atomic mass is 16.5. The molecule has 8 heteroatoms. The van der Waals surface area contributed by atoms with Gasteiger partial charge in [-0.05, 0) is 38.2 Å². The molecule has 0 saturated carbocycles. The van der Waals surface area contributed by atoms with Crippen molar-refractivity contribution in [1.82, 2.24) is 20.4 Å². The highest BCUT2D eigenvalue weighted by Crippen LogP contribution is 2.27. The fourth-order valence-electron chi connectivity index (χ4n) is 3.43. The number of amides is 1. The fraction of sp³-hybridized carbons (Fsp3) is 0.304. The Bertz CT molecular complexity index is 1090. The minimum Gasteiger partial charge on any atom is -0.356 e. The number of likely N-dealkylation sites (N-methyl/N-ethyl adjacent to an activating group) is 1. The van der Waals surface area contributed by atoms with E-state index in [0.717, 1.165) is 43.1 Å². The molecule has 1 aromatic carbocycles. The third-order valence-electron chi connectivity index (χ3n) is 5.33. The topological polar surface area (TPSA) is 98.3 Å². The molecule has 2 aromatic heterocycles. The van der Waals surface area contributed by atoms with Crippen LogP contribution in [0.4, 0.5) is 5.82 Å². The van der Waals surface area contributed by atoms with E-state index in [0.29, 0.717) is 17.0 Å². The van der Waals surface area contributed by atoms with Crippen molar-refractivity contribution in [2.24, 2.45) is 0 Å². The molecule has 8 nitrogen and oxygen atoms in total. The van der Waals surface area contributed by atoms with Crippen LogP contribution in [0.3, 0.4) is 0 Å². The van der Waals surface area contributed by atoms with Crippen LogP contribution >= 0.6 is 0 Å². The number of nitriles is 1. The predicted octanol–water partition coefficient (Wildman–Crippen LogP) is 2.80. The van der Waals surface area contributed by atoms with Crippen molar-refractivity contribution < 1.29 is 9.32 Å². The Kier molecular flexibility index (Phi) is 5.96. The summed E-state index contributed by atoms with van der Waals surface area (Å²) in [5.74, 6) is 1.27. The summed E-state index contributed by atoms with van der Waals surface area (Å²) < 4.78 is 5.53. The summed E-state index contributed by atoms with van der Waals surface area (Å²) in [5.41, 5.74) is 2.69. The molecule has 3 aromatic rings. The summed E-state index contributed by atoms with van der Waals surface area (Å²) in [6, 6.07) is 14.3. The molecule has 1 amide bonds. The Morgan fingerprint density at radius 2 is 1.97 bits per heavy atom. The first-order chi connectivity index (χ1) is 15.0. The molecule has 0 radical (unpaired) electrons. The van der Waals surface area contributed by atoms with Gasteiger partial charge in [-0.2, -0.15) is 5.26 Å². The summed E-state index contributed by atoms with van der Waals surface area (Å²) in [5, 5.41) is 15.7. The van der Waals surface area contributed by atoms with Crippen molar-refractivity contribution in [3.8, 4) is 28.7 Å². The van der Waals surface area contributed by atoms with E-state index >= 15 is 0 Å². The number of nitrogens with one attached hydrogen (secondary N) is 1. The van der Waals surface area contributed by atoms with Crippen LogP contribution in [0.25, 0.3) is 22.6 Å². The van der Waals surface area contributed by atoms with E-state index in [1.807, 2.05) is 30.3 Å². The number of nitrogens with zero attached hydrogens (tertiary/aromatic N) is 5. The maximum Gasteiger partial charge on any atom is 0.252 e. The number of hydrogen-bond acceptors (Lipinski definition) is 7. The molecule has 1 atom stereocenters. The number of anilines is 1. The van der Waals surface area contributed by atoms with Crippen molar-refractivity contribution in [2.75, 3.05) is 38.1 Å². The summed E-state index contributed by atoms with van der Waals surface area (Å²) in [6.45, 7) is 5.62. The summed E-state index contributed by atoms with van der Waals surface area (Å²) in [4.78, 5) is 21.5. The Labute approximate surface area is 181 Å². The third kappa shape index (κ3) is 4.73. The van der Waals surface area contributed by atoms with E-state index in [1.54, 1.807) is 31.3 Å². The molecule has 31 heavy (non-hydrogen) atoms. The molecule has 158 valence electrons. The molecule has 0 bridgehead atoms. The number of carbonyl (C=O) groups excluding carboxylic acids is 1. The number of hydrogen-bond donors (Lipinski definition) is 1. The van der Waals surface area contributed by atoms with Gasteiger partial charge in [0.25, 0.3) is 5.91 Å². The Hall–Kier alpha value is -3.70. The zero-order valence-electron chi connectivity index (χ0n) is 17.6. The molecule has 0 aliphatic carbocycles. The van der Waals surface area contributed by atoms with Crippen LogP contribution in [0, 0.1) is 11.3 Å². The molecular formula is C23H24N6O2. The second-order valence-electron chi connectivity index (χ2n) is 7.68. The van der Waals surface area contributed by atoms with Gasteiger partial charge in [-0.3, -0.25) is 4.79 Å². The largest absolute Gasteiger partial charge is 0.356 e. The summed E-state index contributed by atoms with van der Waals surface area (Å²) in [6.07, 6.45) is 1.80. The molecule has 1 unspecified atom stereocenters. The van der Waals surface area contributed by atoms with Crippen LogP contribution in [0.1, 0.15) is 17.3 Å². The summed E-state index contributed by atoms with van der Waals surface area (Å²) >= 11 is 0. The van der Waals surface area contributed by atoms with Gasteiger partial charge in [-0.25, -0.2) is 4.98 Å². The second-order valence-corrected chi connectivity index (χ2v) is 7.68. The number of rotatable bonds is 5. The van der Waals surface area contributed by atoms with Crippen molar-refractivity contribution in [2.45, 2.75) is 13.0 Å². The quantitative estimate of drug-likeness (QED) is 0.683. The molecular weight excluding hydrogens is 392 g/mol. The smallest absolute Gasteiger partial charge is 0.252 e. The van der Waals surface area contributed by atoms with Gasteiger partial charge in [0.1, 0.15) is 17.6 Å². The number of carbonyl (C=O) groups is 1. The SMILES string of the molecule is CC(C#N)NC(=O)c1cccc(-c2cc(-c3ccc(N4CCN(C)CC4)nc3)on2)c1. The van der Waals surface area contributed by atoms with E-state index in [-0.39, 0.29) is 5.91 Å². The van der Waals surface area contributed by atoms with E-state index in [9.17, 15) is 4.79 Å². The molecule has 4 rings (SSSR count). The predicted molar refractivity (Wildman–Crippen MR) is 117 cm³/mol. The standard InChI is InChI=1S/C23H24N6O2/c1-16(14-24)26-23(30)18-5-3-4-17(12-18)20-13-21(31-27-20)19-6-7-22(25-15-19)29-10-8-28(2)9-11-29/h3-7,12-13,15-16H,8-11H2,1-2H3,(H,26,30). The van der Waals surface area contributed by atoms with Crippen LogP contribution in [-0.2, 0) is 0 Å². The number of aromatic nitrogens is 2. The first-order valence-electron chi connectivity index (χ1n) is 10.2. The molecule has 1 aliphatic heterocycles. The maximum atomic E-state index is 12.3. The van der Waals surface area contributed by atoms with Gasteiger partial charge in [0.15, 0.2) is 5.76 Å². The Morgan fingerprint density at radius 3 is 2.68 bits per heavy atom. The van der Waals surface area contributed by atoms with Crippen LogP contribution in [0.5, 0.6) is 0 Å². The third-order valence-corrected chi connectivity index (χ3v) is 5.33. The van der Waals surface area contributed by atoms with Gasteiger partial charge in [-0.15, -0.1) is 0 Å². The van der Waals surface area contributed by atoms with E-state index in [1.165, 1.54) is 0 Å². The van der Waals surface area contributed by atoms with Crippen LogP contribution in [0.15, 0.2) is 53.2 Å². The van der Waals surface area contributed by atoms with Crippen LogP contribution in [0.2, 0.25) is 0 Å². The monoisotopic (exact) mass is 416 g/mol. The van der Waals surface area contributed by atoms with Gasteiger partial charge in [0, 0.05) is 55.1 Å². The lowest BCUT2D eigenvalue weighted by molar-refractivity contribution is 0.0948.